The summed E-state index contributed by atoms with van der Waals surface area (Å²) in [6.45, 7) is 2.41. The van der Waals surface area contributed by atoms with Crippen molar-refractivity contribution in [1.29, 1.82) is 0 Å². The molecule has 0 radical (unpaired) electrons. The molecule has 4 aromatic rings. The van der Waals surface area contributed by atoms with Crippen LogP contribution in [0.3, 0.4) is 0 Å². The molecule has 5 heteroatoms. The molecule has 2 aromatic carbocycles. The average Bonchev–Trinajstić information content (AvgIpc) is 3.01. The van der Waals surface area contributed by atoms with Crippen LogP contribution in [-0.2, 0) is 13.0 Å². The molecule has 0 unspecified atom stereocenters. The minimum absolute atomic E-state index is 0.331. The molecule has 0 spiro atoms. The molecule has 0 aliphatic carbocycles. The third-order valence-electron chi connectivity index (χ3n) is 3.88. The molecule has 0 aliphatic heterocycles. The number of aromatic nitrogens is 1. The second-order valence-corrected chi connectivity index (χ2v) is 6.58. The molecular formula is C19H15NO3S. The van der Waals surface area contributed by atoms with Crippen molar-refractivity contribution < 1.29 is 9.15 Å². The number of fused-ring (bicyclic) bond motifs is 2. The molecule has 0 saturated carbocycles. The van der Waals surface area contributed by atoms with E-state index in [9.17, 15) is 4.79 Å². The molecule has 4 rings (SSSR count). The molecule has 0 saturated heterocycles. The topological polar surface area (TPSA) is 52.3 Å². The van der Waals surface area contributed by atoms with Gasteiger partial charge in [0.25, 0.3) is 0 Å². The van der Waals surface area contributed by atoms with Gasteiger partial charge in [0.2, 0.25) is 0 Å². The van der Waals surface area contributed by atoms with Gasteiger partial charge < -0.3 is 9.15 Å². The summed E-state index contributed by atoms with van der Waals surface area (Å²) in [4.78, 5) is 16.2. The fraction of sp³-hybridized carbons (Fsp3) is 0.158. The molecule has 0 amide bonds. The first-order valence-corrected chi connectivity index (χ1v) is 8.58. The van der Waals surface area contributed by atoms with Crippen LogP contribution in [0.15, 0.2) is 57.7 Å². The predicted molar refractivity (Wildman–Crippen MR) is 95.8 cm³/mol. The third-order valence-corrected chi connectivity index (χ3v) is 4.89. The Bertz CT molecular complexity index is 1050. The standard InChI is InChI=1S/C19H15NO3S/c1-2-12-9-19(21)23-16-10-13(7-8-14(12)16)22-11-18-20-15-5-3-4-6-17(15)24-18/h3-10H,2,11H2,1H3. The van der Waals surface area contributed by atoms with E-state index in [0.717, 1.165) is 32.6 Å². The van der Waals surface area contributed by atoms with Gasteiger partial charge in [-0.3, -0.25) is 0 Å². The van der Waals surface area contributed by atoms with Crippen LogP contribution in [0.2, 0.25) is 0 Å². The van der Waals surface area contributed by atoms with Crippen LogP contribution in [0.4, 0.5) is 0 Å². The van der Waals surface area contributed by atoms with Gasteiger partial charge in [-0.05, 0) is 36.2 Å². The van der Waals surface area contributed by atoms with Gasteiger partial charge in [-0.25, -0.2) is 9.78 Å². The van der Waals surface area contributed by atoms with Gasteiger partial charge in [0, 0.05) is 17.5 Å². The number of thiazole rings is 1. The van der Waals surface area contributed by atoms with Gasteiger partial charge in [-0.15, -0.1) is 11.3 Å². The smallest absolute Gasteiger partial charge is 0.336 e. The molecule has 120 valence electrons. The van der Waals surface area contributed by atoms with Crippen molar-refractivity contribution in [3.05, 3.63) is 69.5 Å². The lowest BCUT2D eigenvalue weighted by Gasteiger charge is -2.07. The zero-order valence-corrected chi connectivity index (χ0v) is 13.9. The van der Waals surface area contributed by atoms with E-state index in [0.29, 0.717) is 17.9 Å². The fourth-order valence-electron chi connectivity index (χ4n) is 2.72. The van der Waals surface area contributed by atoms with Crippen molar-refractivity contribution in [3.8, 4) is 5.75 Å². The highest BCUT2D eigenvalue weighted by Crippen LogP contribution is 2.26. The van der Waals surface area contributed by atoms with E-state index in [2.05, 4.69) is 4.98 Å². The molecule has 0 aliphatic rings. The van der Waals surface area contributed by atoms with Crippen LogP contribution in [0.5, 0.6) is 5.75 Å². The minimum atomic E-state index is -0.331. The van der Waals surface area contributed by atoms with Crippen molar-refractivity contribution in [1.82, 2.24) is 4.98 Å². The highest BCUT2D eigenvalue weighted by atomic mass is 32.1. The quantitative estimate of drug-likeness (QED) is 0.513. The molecule has 0 fully saturated rings. The lowest BCUT2D eigenvalue weighted by atomic mass is 10.1. The molecule has 0 atom stereocenters. The number of hydrogen-bond donors (Lipinski definition) is 0. The number of aryl methyl sites for hydroxylation is 1. The maximum Gasteiger partial charge on any atom is 0.336 e. The van der Waals surface area contributed by atoms with Crippen molar-refractivity contribution in [3.63, 3.8) is 0 Å². The highest BCUT2D eigenvalue weighted by Gasteiger charge is 2.08. The summed E-state index contributed by atoms with van der Waals surface area (Å²) in [6, 6.07) is 15.2. The van der Waals surface area contributed by atoms with Gasteiger partial charge in [-0.1, -0.05) is 19.1 Å². The Kier molecular flexibility index (Phi) is 3.78. The van der Waals surface area contributed by atoms with Crippen LogP contribution >= 0.6 is 11.3 Å². The lowest BCUT2D eigenvalue weighted by molar-refractivity contribution is 0.305. The fourth-order valence-corrected chi connectivity index (χ4v) is 3.60. The summed E-state index contributed by atoms with van der Waals surface area (Å²) in [5.41, 5.74) is 2.20. The van der Waals surface area contributed by atoms with Crippen molar-refractivity contribution in [2.24, 2.45) is 0 Å². The van der Waals surface area contributed by atoms with Crippen molar-refractivity contribution in [2.75, 3.05) is 0 Å². The molecule has 0 N–H and O–H groups in total. The number of ether oxygens (including phenoxy) is 1. The van der Waals surface area contributed by atoms with Gasteiger partial charge >= 0.3 is 5.63 Å². The Labute approximate surface area is 142 Å². The van der Waals surface area contributed by atoms with Crippen LogP contribution in [0.25, 0.3) is 21.2 Å². The van der Waals surface area contributed by atoms with E-state index in [1.165, 1.54) is 0 Å². The third kappa shape index (κ3) is 2.78. The first-order chi connectivity index (χ1) is 11.7. The summed E-state index contributed by atoms with van der Waals surface area (Å²) in [7, 11) is 0. The number of para-hydroxylation sites is 1. The molecule has 4 nitrogen and oxygen atoms in total. The first-order valence-electron chi connectivity index (χ1n) is 7.77. The summed E-state index contributed by atoms with van der Waals surface area (Å²) < 4.78 is 12.3. The SMILES string of the molecule is CCc1cc(=O)oc2cc(OCc3nc4ccccc4s3)ccc12. The molecule has 24 heavy (non-hydrogen) atoms. The first kappa shape index (κ1) is 14.9. The van der Waals surface area contributed by atoms with E-state index in [4.69, 9.17) is 9.15 Å². The van der Waals surface area contributed by atoms with Crippen LogP contribution in [0.1, 0.15) is 17.5 Å². The second kappa shape index (κ2) is 6.09. The Balaban J connectivity index is 1.61. The summed E-state index contributed by atoms with van der Waals surface area (Å²) in [5, 5.41) is 1.87. The summed E-state index contributed by atoms with van der Waals surface area (Å²) in [5.74, 6) is 0.665. The summed E-state index contributed by atoms with van der Waals surface area (Å²) in [6.07, 6.45) is 0.786. The zero-order chi connectivity index (χ0) is 16.5. The zero-order valence-electron chi connectivity index (χ0n) is 13.1. The van der Waals surface area contributed by atoms with E-state index in [1.807, 2.05) is 43.3 Å². The van der Waals surface area contributed by atoms with Crippen molar-refractivity contribution >= 4 is 32.5 Å². The lowest BCUT2D eigenvalue weighted by Crippen LogP contribution is -2.00. The van der Waals surface area contributed by atoms with E-state index in [1.54, 1.807) is 23.5 Å². The largest absolute Gasteiger partial charge is 0.486 e. The van der Waals surface area contributed by atoms with Gasteiger partial charge in [0.15, 0.2) is 0 Å². The van der Waals surface area contributed by atoms with Crippen molar-refractivity contribution in [2.45, 2.75) is 20.0 Å². The van der Waals surface area contributed by atoms with Gasteiger partial charge in [0.1, 0.15) is 22.9 Å². The number of nitrogens with zero attached hydrogens (tertiary/aromatic N) is 1. The molecular weight excluding hydrogens is 322 g/mol. The second-order valence-electron chi connectivity index (χ2n) is 5.47. The Morgan fingerprint density at radius 1 is 1.17 bits per heavy atom. The van der Waals surface area contributed by atoms with Crippen LogP contribution < -0.4 is 10.4 Å². The number of benzene rings is 2. The monoisotopic (exact) mass is 337 g/mol. The average molecular weight is 337 g/mol. The predicted octanol–water partition coefficient (Wildman–Crippen LogP) is 4.54. The van der Waals surface area contributed by atoms with Crippen LogP contribution in [0, 0.1) is 0 Å². The van der Waals surface area contributed by atoms with E-state index in [-0.39, 0.29) is 5.63 Å². The number of rotatable bonds is 4. The Morgan fingerprint density at radius 2 is 2.04 bits per heavy atom. The van der Waals surface area contributed by atoms with E-state index < -0.39 is 0 Å². The highest BCUT2D eigenvalue weighted by molar-refractivity contribution is 7.18. The minimum Gasteiger partial charge on any atom is -0.486 e. The Morgan fingerprint density at radius 3 is 2.88 bits per heavy atom. The molecule has 2 aromatic heterocycles. The maximum atomic E-state index is 11.6. The molecule has 2 heterocycles. The number of hydrogen-bond acceptors (Lipinski definition) is 5. The normalized spacial score (nSPS) is 11.2. The summed E-state index contributed by atoms with van der Waals surface area (Å²) >= 11 is 1.62. The van der Waals surface area contributed by atoms with Gasteiger partial charge in [-0.2, -0.15) is 0 Å². The van der Waals surface area contributed by atoms with Gasteiger partial charge in [0.05, 0.1) is 10.2 Å². The Hall–Kier alpha value is -2.66. The molecule has 0 bridgehead atoms. The maximum absolute atomic E-state index is 11.6. The van der Waals surface area contributed by atoms with E-state index >= 15 is 0 Å². The van der Waals surface area contributed by atoms with Crippen LogP contribution in [-0.4, -0.2) is 4.98 Å².